The summed E-state index contributed by atoms with van der Waals surface area (Å²) in [4.78, 5) is 27.4. The van der Waals surface area contributed by atoms with Crippen LogP contribution in [0.15, 0.2) is 29.3 Å². The summed E-state index contributed by atoms with van der Waals surface area (Å²) >= 11 is 0. The van der Waals surface area contributed by atoms with Crippen molar-refractivity contribution in [1.29, 1.82) is 0 Å². The highest BCUT2D eigenvalue weighted by Crippen LogP contribution is 2.29. The number of carbonyl (C=O) groups excluding carboxylic acids is 2. The first kappa shape index (κ1) is 11.5. The van der Waals surface area contributed by atoms with Crippen LogP contribution in [0.4, 0.5) is 0 Å². The molecule has 0 bridgehead atoms. The fraction of sp³-hybridized carbons (Fsp3) is 0.154. The van der Waals surface area contributed by atoms with Crippen LogP contribution in [0.1, 0.15) is 27.3 Å². The number of hydrogen-bond donors (Lipinski definition) is 2. The first-order valence-electron chi connectivity index (χ1n) is 5.87. The van der Waals surface area contributed by atoms with Gasteiger partial charge < -0.3 is 16.0 Å². The lowest BCUT2D eigenvalue weighted by molar-refractivity contribution is 0.0958. The van der Waals surface area contributed by atoms with Crippen LogP contribution in [0.5, 0.6) is 0 Å². The maximum Gasteiger partial charge on any atom is 0.296 e. The molecule has 2 aromatic rings. The van der Waals surface area contributed by atoms with E-state index >= 15 is 0 Å². The minimum atomic E-state index is -0.489. The first-order valence-corrected chi connectivity index (χ1v) is 5.87. The number of Topliss-reactive ketones (excluding diaryl/α,β-unsaturated/α-hetero) is 1. The molecule has 0 spiro atoms. The number of aryl methyl sites for hydroxylation is 1. The number of nitrogens with two attached hydrogens (primary N) is 2. The number of amides is 1. The molecule has 1 aliphatic heterocycles. The van der Waals surface area contributed by atoms with Crippen LogP contribution in [0, 0.1) is 0 Å². The predicted molar refractivity (Wildman–Crippen MR) is 71.0 cm³/mol. The molecule has 1 aliphatic rings. The second kappa shape index (κ2) is 3.94. The van der Waals surface area contributed by atoms with E-state index in [2.05, 4.69) is 4.99 Å². The highest BCUT2D eigenvalue weighted by Gasteiger charge is 2.24. The first-order chi connectivity index (χ1) is 9.08. The van der Waals surface area contributed by atoms with Crippen molar-refractivity contribution in [3.63, 3.8) is 0 Å². The van der Waals surface area contributed by atoms with Crippen LogP contribution < -0.4 is 11.5 Å². The number of nitrogens with zero attached hydrogens (tertiary/aromatic N) is 2. The van der Waals surface area contributed by atoms with E-state index in [0.29, 0.717) is 24.2 Å². The summed E-state index contributed by atoms with van der Waals surface area (Å²) in [5.74, 6) is -0.663. The zero-order valence-electron chi connectivity index (χ0n) is 10.1. The molecular weight excluding hydrogens is 244 g/mol. The molecule has 1 aromatic heterocycles. The molecular formula is C13H12N4O2. The van der Waals surface area contributed by atoms with Gasteiger partial charge in [-0.15, -0.1) is 0 Å². The standard InChI is InChI=1S/C13H12N4O2/c14-13(15)16-12(19)9-6-7-2-1-3-8-10(18)4-5-17(9)11(7)8/h1-3,6H,4-5H2,(H4,14,15,16,19). The average Bonchev–Trinajstić information content (AvgIpc) is 2.73. The highest BCUT2D eigenvalue weighted by molar-refractivity contribution is 6.11. The Balaban J connectivity index is 2.27. The molecule has 0 unspecified atom stereocenters. The number of benzene rings is 1. The second-order valence-electron chi connectivity index (χ2n) is 4.44. The number of aliphatic imine (C=N–C) groups is 1. The summed E-state index contributed by atoms with van der Waals surface area (Å²) in [7, 11) is 0. The highest BCUT2D eigenvalue weighted by atomic mass is 16.1. The van der Waals surface area contributed by atoms with E-state index in [0.717, 1.165) is 10.9 Å². The number of guanidine groups is 1. The van der Waals surface area contributed by atoms with Crippen molar-refractivity contribution in [2.24, 2.45) is 16.5 Å². The average molecular weight is 256 g/mol. The zero-order chi connectivity index (χ0) is 13.6. The van der Waals surface area contributed by atoms with Gasteiger partial charge >= 0.3 is 0 Å². The number of ketones is 1. The molecule has 0 atom stereocenters. The molecule has 1 aromatic carbocycles. The third kappa shape index (κ3) is 1.69. The zero-order valence-corrected chi connectivity index (χ0v) is 10.1. The van der Waals surface area contributed by atoms with Gasteiger partial charge in [0, 0.05) is 23.9 Å². The van der Waals surface area contributed by atoms with Crippen molar-refractivity contribution in [3.05, 3.63) is 35.5 Å². The smallest absolute Gasteiger partial charge is 0.296 e. The van der Waals surface area contributed by atoms with Gasteiger partial charge in [0.2, 0.25) is 0 Å². The van der Waals surface area contributed by atoms with Crippen molar-refractivity contribution in [2.75, 3.05) is 0 Å². The minimum Gasteiger partial charge on any atom is -0.370 e. The number of para-hydroxylation sites is 1. The lowest BCUT2D eigenvalue weighted by Crippen LogP contribution is -2.25. The maximum atomic E-state index is 12.0. The molecule has 0 saturated heterocycles. The third-order valence-electron chi connectivity index (χ3n) is 3.23. The quantitative estimate of drug-likeness (QED) is 0.577. The van der Waals surface area contributed by atoms with Gasteiger partial charge in [-0.1, -0.05) is 12.1 Å². The Kier molecular flexibility index (Phi) is 2.38. The van der Waals surface area contributed by atoms with Crippen LogP contribution in [0.3, 0.4) is 0 Å². The van der Waals surface area contributed by atoms with E-state index in [1.165, 1.54) is 0 Å². The lowest BCUT2D eigenvalue weighted by Gasteiger charge is -2.16. The van der Waals surface area contributed by atoms with Crippen molar-refractivity contribution < 1.29 is 9.59 Å². The Morgan fingerprint density at radius 2 is 2.11 bits per heavy atom. The van der Waals surface area contributed by atoms with Crippen LogP contribution in [0.2, 0.25) is 0 Å². The monoisotopic (exact) mass is 256 g/mol. The van der Waals surface area contributed by atoms with Gasteiger partial charge in [-0.05, 0) is 12.1 Å². The van der Waals surface area contributed by atoms with E-state index in [1.54, 1.807) is 22.8 Å². The fourth-order valence-corrected chi connectivity index (χ4v) is 2.48. The van der Waals surface area contributed by atoms with Crippen LogP contribution in [-0.2, 0) is 6.54 Å². The molecule has 0 saturated carbocycles. The molecule has 0 aliphatic carbocycles. The Hall–Kier alpha value is -2.63. The Bertz CT molecular complexity index is 738. The summed E-state index contributed by atoms with van der Waals surface area (Å²) in [6.07, 6.45) is 0.378. The van der Waals surface area contributed by atoms with Gasteiger partial charge in [0.1, 0.15) is 5.69 Å². The van der Waals surface area contributed by atoms with Crippen molar-refractivity contribution in [1.82, 2.24) is 4.57 Å². The van der Waals surface area contributed by atoms with Crippen LogP contribution in [-0.4, -0.2) is 22.2 Å². The summed E-state index contributed by atoms with van der Waals surface area (Å²) in [6, 6.07) is 7.15. The Morgan fingerprint density at radius 3 is 2.84 bits per heavy atom. The molecule has 0 radical (unpaired) electrons. The summed E-state index contributed by atoms with van der Waals surface area (Å²) in [6.45, 7) is 0.473. The second-order valence-corrected chi connectivity index (χ2v) is 4.44. The van der Waals surface area contributed by atoms with Crippen molar-refractivity contribution in [2.45, 2.75) is 13.0 Å². The third-order valence-corrected chi connectivity index (χ3v) is 3.23. The van der Waals surface area contributed by atoms with Gasteiger partial charge in [-0.3, -0.25) is 9.59 Å². The summed E-state index contributed by atoms with van der Waals surface area (Å²) in [5, 5.41) is 0.847. The number of rotatable bonds is 1. The molecule has 6 heteroatoms. The molecule has 3 rings (SSSR count). The number of carbonyl (C=O) groups is 2. The minimum absolute atomic E-state index is 0.0945. The molecule has 19 heavy (non-hydrogen) atoms. The lowest BCUT2D eigenvalue weighted by atomic mass is 10.0. The summed E-state index contributed by atoms with van der Waals surface area (Å²) in [5.41, 5.74) is 12.3. The maximum absolute atomic E-state index is 12.0. The molecule has 4 N–H and O–H groups in total. The van der Waals surface area contributed by atoms with Gasteiger partial charge in [-0.25, -0.2) is 0 Å². The van der Waals surface area contributed by atoms with E-state index in [1.807, 2.05) is 6.07 Å². The largest absolute Gasteiger partial charge is 0.370 e. The van der Waals surface area contributed by atoms with Gasteiger partial charge in [0.25, 0.3) is 5.91 Å². The van der Waals surface area contributed by atoms with Crippen molar-refractivity contribution in [3.8, 4) is 0 Å². The van der Waals surface area contributed by atoms with Crippen LogP contribution >= 0.6 is 0 Å². The van der Waals surface area contributed by atoms with E-state index in [4.69, 9.17) is 11.5 Å². The molecule has 2 heterocycles. The normalized spacial score (nSPS) is 13.6. The number of hydrogen-bond acceptors (Lipinski definition) is 2. The molecule has 1 amide bonds. The topological polar surface area (TPSA) is 103 Å². The van der Waals surface area contributed by atoms with Gasteiger partial charge in [-0.2, -0.15) is 4.99 Å². The van der Waals surface area contributed by atoms with Crippen molar-refractivity contribution >= 4 is 28.6 Å². The fourth-order valence-electron chi connectivity index (χ4n) is 2.48. The van der Waals surface area contributed by atoms with Gasteiger partial charge in [0.05, 0.1) is 5.52 Å². The predicted octanol–water partition coefficient (Wildman–Crippen LogP) is 0.641. The Morgan fingerprint density at radius 1 is 1.32 bits per heavy atom. The molecule has 0 fully saturated rings. The van der Waals surface area contributed by atoms with E-state index < -0.39 is 5.91 Å². The molecule has 6 nitrogen and oxygen atoms in total. The van der Waals surface area contributed by atoms with E-state index in [9.17, 15) is 9.59 Å². The van der Waals surface area contributed by atoms with Crippen LogP contribution in [0.25, 0.3) is 10.9 Å². The SMILES string of the molecule is NC(N)=NC(=O)c1cc2cccc3c2n1CCC3=O. The van der Waals surface area contributed by atoms with E-state index in [-0.39, 0.29) is 11.7 Å². The summed E-state index contributed by atoms with van der Waals surface area (Å²) < 4.78 is 1.81. The van der Waals surface area contributed by atoms with Gasteiger partial charge in [0.15, 0.2) is 11.7 Å². The molecule has 96 valence electrons. The Labute approximate surface area is 108 Å². The number of aromatic nitrogens is 1.